The van der Waals surface area contributed by atoms with Crippen LogP contribution in [0.4, 0.5) is 10.1 Å². The average molecular weight is 370 g/mol. The van der Waals surface area contributed by atoms with Gasteiger partial charge in [0.25, 0.3) is 0 Å². The summed E-state index contributed by atoms with van der Waals surface area (Å²) in [6.45, 7) is 2.89. The number of amides is 1. The van der Waals surface area contributed by atoms with E-state index in [2.05, 4.69) is 9.88 Å². The molecule has 0 saturated carbocycles. The number of hydrogen-bond acceptors (Lipinski definition) is 5. The Morgan fingerprint density at radius 2 is 2.12 bits per heavy atom. The third-order valence-electron chi connectivity index (χ3n) is 3.84. The Hall–Kier alpha value is -1.70. The van der Waals surface area contributed by atoms with Gasteiger partial charge in [-0.2, -0.15) is 0 Å². The number of carbonyl (C=O) groups excluding carboxylic acids is 1. The number of anilines is 1. The Kier molecular flexibility index (Phi) is 5.65. The number of hydrogen-bond donors (Lipinski definition) is 0. The molecule has 1 fully saturated rings. The highest BCUT2D eigenvalue weighted by Gasteiger charge is 2.22. The molecular weight excluding hydrogens is 353 g/mol. The summed E-state index contributed by atoms with van der Waals surface area (Å²) >= 11 is 7.59. The van der Waals surface area contributed by atoms with E-state index in [1.807, 2.05) is 5.38 Å². The van der Waals surface area contributed by atoms with E-state index in [-0.39, 0.29) is 18.3 Å². The molecule has 0 atom stereocenters. The maximum Gasteiger partial charge on any atom is 0.248 e. The number of piperazine rings is 1. The predicted molar refractivity (Wildman–Crippen MR) is 92.0 cm³/mol. The van der Waals surface area contributed by atoms with Gasteiger partial charge in [0.1, 0.15) is 12.4 Å². The Balaban J connectivity index is 1.46. The predicted octanol–water partition coefficient (Wildman–Crippen LogP) is 2.80. The monoisotopic (exact) mass is 369 g/mol. The van der Waals surface area contributed by atoms with Gasteiger partial charge in [-0.05, 0) is 18.2 Å². The maximum absolute atomic E-state index is 13.1. The summed E-state index contributed by atoms with van der Waals surface area (Å²) < 4.78 is 18.5. The van der Waals surface area contributed by atoms with Crippen molar-refractivity contribution in [1.29, 1.82) is 0 Å². The van der Waals surface area contributed by atoms with E-state index in [0.29, 0.717) is 37.8 Å². The highest BCUT2D eigenvalue weighted by Crippen LogP contribution is 2.27. The molecule has 1 amide bonds. The van der Waals surface area contributed by atoms with Crippen LogP contribution in [0.25, 0.3) is 0 Å². The second-order valence-corrected chi connectivity index (χ2v) is 6.56. The summed E-state index contributed by atoms with van der Waals surface area (Å²) in [5, 5.41) is 2.29. The molecule has 1 aliphatic rings. The van der Waals surface area contributed by atoms with Gasteiger partial charge in [0.15, 0.2) is 0 Å². The minimum Gasteiger partial charge on any atom is -0.367 e. The molecule has 0 unspecified atom stereocenters. The number of carbonyl (C=O) groups is 1. The van der Waals surface area contributed by atoms with E-state index < -0.39 is 0 Å². The second kappa shape index (κ2) is 7.92. The van der Waals surface area contributed by atoms with E-state index in [4.69, 9.17) is 16.3 Å². The van der Waals surface area contributed by atoms with Crippen molar-refractivity contribution in [2.45, 2.75) is 6.61 Å². The lowest BCUT2D eigenvalue weighted by Crippen LogP contribution is -2.49. The Labute approximate surface area is 148 Å². The van der Waals surface area contributed by atoms with Crippen LogP contribution in [-0.4, -0.2) is 48.6 Å². The highest BCUT2D eigenvalue weighted by atomic mass is 35.5. The van der Waals surface area contributed by atoms with Crippen LogP contribution < -0.4 is 4.90 Å². The van der Waals surface area contributed by atoms with Gasteiger partial charge >= 0.3 is 0 Å². The topological polar surface area (TPSA) is 45.7 Å². The summed E-state index contributed by atoms with van der Waals surface area (Å²) in [7, 11) is 0. The van der Waals surface area contributed by atoms with E-state index in [9.17, 15) is 9.18 Å². The molecule has 0 N–H and O–H groups in total. The van der Waals surface area contributed by atoms with Crippen LogP contribution in [-0.2, 0) is 16.1 Å². The normalized spacial score (nSPS) is 14.9. The zero-order chi connectivity index (χ0) is 16.9. The van der Waals surface area contributed by atoms with Gasteiger partial charge in [-0.3, -0.25) is 4.79 Å². The van der Waals surface area contributed by atoms with Crippen LogP contribution >= 0.6 is 22.9 Å². The number of nitrogens with zero attached hydrogens (tertiary/aromatic N) is 3. The second-order valence-electron chi connectivity index (χ2n) is 5.44. The third kappa shape index (κ3) is 4.23. The lowest BCUT2D eigenvalue weighted by Gasteiger charge is -2.36. The molecule has 24 heavy (non-hydrogen) atoms. The number of thiazole rings is 1. The fraction of sp³-hybridized carbons (Fsp3) is 0.375. The molecule has 0 bridgehead atoms. The van der Waals surface area contributed by atoms with Gasteiger partial charge in [0.05, 0.1) is 28.5 Å². The van der Waals surface area contributed by atoms with Crippen LogP contribution in [0.1, 0.15) is 5.69 Å². The first-order chi connectivity index (χ1) is 11.6. The molecule has 1 saturated heterocycles. The van der Waals surface area contributed by atoms with Gasteiger partial charge < -0.3 is 14.5 Å². The van der Waals surface area contributed by atoms with E-state index >= 15 is 0 Å². The summed E-state index contributed by atoms with van der Waals surface area (Å²) in [5.41, 5.74) is 3.37. The van der Waals surface area contributed by atoms with Crippen molar-refractivity contribution in [3.8, 4) is 0 Å². The first kappa shape index (κ1) is 17.1. The van der Waals surface area contributed by atoms with Crippen molar-refractivity contribution in [3.05, 3.63) is 45.6 Å². The van der Waals surface area contributed by atoms with E-state index in [1.165, 1.54) is 23.5 Å². The van der Waals surface area contributed by atoms with Gasteiger partial charge in [-0.15, -0.1) is 11.3 Å². The van der Waals surface area contributed by atoms with Crippen molar-refractivity contribution in [2.75, 3.05) is 37.7 Å². The largest absolute Gasteiger partial charge is 0.367 e. The van der Waals surface area contributed by atoms with Crippen LogP contribution in [0.3, 0.4) is 0 Å². The minimum atomic E-state index is -0.352. The summed E-state index contributed by atoms with van der Waals surface area (Å²) in [6.07, 6.45) is 0. The summed E-state index contributed by atoms with van der Waals surface area (Å²) in [6, 6.07) is 4.37. The van der Waals surface area contributed by atoms with Crippen LogP contribution in [0, 0.1) is 5.82 Å². The van der Waals surface area contributed by atoms with Crippen molar-refractivity contribution < 1.29 is 13.9 Å². The maximum atomic E-state index is 13.1. The van der Waals surface area contributed by atoms with Crippen LogP contribution in [0.5, 0.6) is 0 Å². The van der Waals surface area contributed by atoms with E-state index in [1.54, 1.807) is 16.5 Å². The van der Waals surface area contributed by atoms with Crippen LogP contribution in [0.15, 0.2) is 29.1 Å². The molecule has 2 heterocycles. The highest BCUT2D eigenvalue weighted by molar-refractivity contribution is 7.07. The van der Waals surface area contributed by atoms with Crippen molar-refractivity contribution in [3.63, 3.8) is 0 Å². The molecule has 2 aromatic rings. The van der Waals surface area contributed by atoms with E-state index in [0.717, 1.165) is 11.4 Å². The van der Waals surface area contributed by atoms with Crippen molar-refractivity contribution >= 4 is 34.5 Å². The Morgan fingerprint density at radius 1 is 1.33 bits per heavy atom. The lowest BCUT2D eigenvalue weighted by molar-refractivity contribution is -0.136. The minimum absolute atomic E-state index is 0.0323. The summed E-state index contributed by atoms with van der Waals surface area (Å²) in [5.74, 6) is -0.384. The summed E-state index contributed by atoms with van der Waals surface area (Å²) in [4.78, 5) is 20.1. The molecule has 3 rings (SSSR count). The van der Waals surface area contributed by atoms with Crippen molar-refractivity contribution in [1.82, 2.24) is 9.88 Å². The molecule has 5 nitrogen and oxygen atoms in total. The number of rotatable bonds is 5. The fourth-order valence-corrected chi connectivity index (χ4v) is 3.41. The lowest BCUT2D eigenvalue weighted by atomic mass is 10.2. The van der Waals surface area contributed by atoms with Crippen molar-refractivity contribution in [2.24, 2.45) is 0 Å². The molecule has 1 aliphatic heterocycles. The van der Waals surface area contributed by atoms with Gasteiger partial charge in [0.2, 0.25) is 5.91 Å². The zero-order valence-electron chi connectivity index (χ0n) is 13.0. The molecule has 128 valence electrons. The third-order valence-corrected chi connectivity index (χ3v) is 4.78. The SMILES string of the molecule is O=C(COCc1cscn1)N1CCN(c2ccc(F)cc2Cl)CC1. The molecule has 0 aliphatic carbocycles. The van der Waals surface area contributed by atoms with Gasteiger partial charge in [0, 0.05) is 31.6 Å². The van der Waals surface area contributed by atoms with Gasteiger partial charge in [-0.25, -0.2) is 9.37 Å². The molecule has 1 aromatic carbocycles. The first-order valence-corrected chi connectivity index (χ1v) is 8.88. The molecule has 1 aromatic heterocycles. The zero-order valence-corrected chi connectivity index (χ0v) is 14.5. The molecule has 0 radical (unpaired) electrons. The smallest absolute Gasteiger partial charge is 0.248 e. The van der Waals surface area contributed by atoms with Gasteiger partial charge in [-0.1, -0.05) is 11.6 Å². The number of aromatic nitrogens is 1. The van der Waals surface area contributed by atoms with Crippen LogP contribution in [0.2, 0.25) is 5.02 Å². The molecule has 8 heteroatoms. The quantitative estimate of drug-likeness (QED) is 0.813. The number of ether oxygens (including phenoxy) is 1. The average Bonchev–Trinajstić information content (AvgIpc) is 3.08. The number of benzene rings is 1. The standard InChI is InChI=1S/C16H17ClFN3O2S/c17-14-7-12(18)1-2-15(14)20-3-5-21(6-4-20)16(22)9-23-8-13-10-24-11-19-13/h1-2,7,10-11H,3-6,8-9H2. The fourth-order valence-electron chi connectivity index (χ4n) is 2.58. The number of halogens is 2. The Morgan fingerprint density at radius 3 is 2.79 bits per heavy atom. The first-order valence-electron chi connectivity index (χ1n) is 7.56. The molecule has 0 spiro atoms. The Bertz CT molecular complexity index is 691. The molecular formula is C16H17ClFN3O2S.